The van der Waals surface area contributed by atoms with Crippen molar-refractivity contribution in [2.45, 2.75) is 53.0 Å². The van der Waals surface area contributed by atoms with Crippen LogP contribution in [0.1, 0.15) is 57.3 Å². The van der Waals surface area contributed by atoms with E-state index in [1.165, 1.54) is 13.0 Å². The van der Waals surface area contributed by atoms with Crippen molar-refractivity contribution in [3.63, 3.8) is 0 Å². The van der Waals surface area contributed by atoms with E-state index in [4.69, 9.17) is 0 Å². The van der Waals surface area contributed by atoms with Crippen molar-refractivity contribution in [1.29, 1.82) is 0 Å². The Morgan fingerprint density at radius 1 is 1.37 bits per heavy atom. The minimum atomic E-state index is -0.302. The fraction of sp³-hybridized carbons (Fsp3) is 0.562. The lowest BCUT2D eigenvalue weighted by Gasteiger charge is -2.32. The molecule has 1 aromatic carbocycles. The van der Waals surface area contributed by atoms with Crippen molar-refractivity contribution >= 4 is 11.5 Å². The molecule has 0 saturated heterocycles. The first-order valence-corrected chi connectivity index (χ1v) is 7.08. The van der Waals surface area contributed by atoms with E-state index < -0.39 is 0 Å². The number of nitrogens with zero attached hydrogens (tertiary/aromatic N) is 1. The molecule has 0 radical (unpaired) electrons. The molecule has 0 spiro atoms. The van der Waals surface area contributed by atoms with Gasteiger partial charge in [-0.2, -0.15) is 0 Å². The molecule has 1 aromatic rings. The number of Topliss-reactive ketones (excluding diaryl/α,β-unsaturated/α-hetero) is 1. The number of halogens is 1. The number of anilines is 1. The summed E-state index contributed by atoms with van der Waals surface area (Å²) in [7, 11) is 0. The van der Waals surface area contributed by atoms with Gasteiger partial charge in [0.15, 0.2) is 5.78 Å². The van der Waals surface area contributed by atoms with Crippen LogP contribution in [0.2, 0.25) is 0 Å². The van der Waals surface area contributed by atoms with E-state index in [9.17, 15) is 9.18 Å². The second kappa shape index (κ2) is 7.27. The number of ketones is 1. The van der Waals surface area contributed by atoms with E-state index in [0.717, 1.165) is 25.8 Å². The van der Waals surface area contributed by atoms with Gasteiger partial charge in [0.05, 0.1) is 5.69 Å². The molecule has 1 unspecified atom stereocenters. The molecule has 0 amide bonds. The highest BCUT2D eigenvalue weighted by Crippen LogP contribution is 2.28. The number of benzene rings is 1. The molecule has 0 saturated carbocycles. The van der Waals surface area contributed by atoms with Gasteiger partial charge < -0.3 is 4.90 Å². The van der Waals surface area contributed by atoms with Gasteiger partial charge in [-0.3, -0.25) is 4.79 Å². The van der Waals surface area contributed by atoms with E-state index in [1.807, 2.05) is 4.90 Å². The van der Waals surface area contributed by atoms with Gasteiger partial charge in [-0.15, -0.1) is 0 Å². The van der Waals surface area contributed by atoms with Crippen LogP contribution < -0.4 is 4.90 Å². The van der Waals surface area contributed by atoms with Gasteiger partial charge in [0, 0.05) is 18.2 Å². The second-order valence-corrected chi connectivity index (χ2v) is 5.00. The van der Waals surface area contributed by atoms with E-state index in [1.54, 1.807) is 12.1 Å². The molecule has 1 rings (SSSR count). The summed E-state index contributed by atoms with van der Waals surface area (Å²) in [6, 6.07) is 4.97. The number of carbonyl (C=O) groups excluding carboxylic acids is 1. The Labute approximate surface area is 115 Å². The molecule has 0 bridgehead atoms. The third-order valence-corrected chi connectivity index (χ3v) is 3.53. The third-order valence-electron chi connectivity index (χ3n) is 3.53. The molecule has 3 heteroatoms. The fourth-order valence-corrected chi connectivity index (χ4v) is 2.19. The smallest absolute Gasteiger partial charge is 0.161 e. The van der Waals surface area contributed by atoms with Crippen LogP contribution >= 0.6 is 0 Å². The largest absolute Gasteiger partial charge is 0.366 e. The number of para-hydroxylation sites is 1. The summed E-state index contributed by atoms with van der Waals surface area (Å²) < 4.78 is 14.2. The lowest BCUT2D eigenvalue weighted by molar-refractivity contribution is 0.101. The maximum Gasteiger partial charge on any atom is 0.161 e. The monoisotopic (exact) mass is 265 g/mol. The molecule has 0 aromatic heterocycles. The SMILES string of the molecule is CCCCN(c1c(F)cccc1C(C)=O)C(C)CC. The van der Waals surface area contributed by atoms with Gasteiger partial charge in [0.25, 0.3) is 0 Å². The Balaban J connectivity index is 3.23. The fourth-order valence-electron chi connectivity index (χ4n) is 2.19. The molecule has 2 nitrogen and oxygen atoms in total. The van der Waals surface area contributed by atoms with Gasteiger partial charge in [-0.25, -0.2) is 4.39 Å². The van der Waals surface area contributed by atoms with Gasteiger partial charge in [-0.05, 0) is 38.8 Å². The van der Waals surface area contributed by atoms with Crippen molar-refractivity contribution in [2.24, 2.45) is 0 Å². The standard InChI is InChI=1S/C16H24FNO/c1-5-7-11-18(12(3)6-2)16-14(13(4)19)9-8-10-15(16)17/h8-10,12H,5-7,11H2,1-4H3. The zero-order valence-electron chi connectivity index (χ0n) is 12.4. The zero-order valence-corrected chi connectivity index (χ0v) is 12.4. The van der Waals surface area contributed by atoms with Crippen LogP contribution in [0.5, 0.6) is 0 Å². The highest BCUT2D eigenvalue weighted by Gasteiger charge is 2.21. The average molecular weight is 265 g/mol. The van der Waals surface area contributed by atoms with Crippen molar-refractivity contribution in [1.82, 2.24) is 0 Å². The zero-order chi connectivity index (χ0) is 14.4. The maximum absolute atomic E-state index is 14.2. The first kappa shape index (κ1) is 15.7. The lowest BCUT2D eigenvalue weighted by Crippen LogP contribution is -2.35. The molecule has 0 aliphatic heterocycles. The van der Waals surface area contributed by atoms with Gasteiger partial charge in [0.2, 0.25) is 0 Å². The number of carbonyl (C=O) groups is 1. The summed E-state index contributed by atoms with van der Waals surface area (Å²) in [5, 5.41) is 0. The van der Waals surface area contributed by atoms with Gasteiger partial charge >= 0.3 is 0 Å². The van der Waals surface area contributed by atoms with Crippen LogP contribution in [0.25, 0.3) is 0 Å². The normalized spacial score (nSPS) is 12.3. The minimum Gasteiger partial charge on any atom is -0.366 e. The van der Waals surface area contributed by atoms with Crippen LogP contribution in [0, 0.1) is 5.82 Å². The summed E-state index contributed by atoms with van der Waals surface area (Å²) in [4.78, 5) is 13.8. The van der Waals surface area contributed by atoms with Crippen LogP contribution in [-0.2, 0) is 0 Å². The molecular weight excluding hydrogens is 241 g/mol. The molecule has 0 fully saturated rings. The Kier molecular flexibility index (Phi) is 6.00. The van der Waals surface area contributed by atoms with Crippen molar-refractivity contribution < 1.29 is 9.18 Å². The molecule has 1 atom stereocenters. The highest BCUT2D eigenvalue weighted by molar-refractivity contribution is 5.99. The summed E-state index contributed by atoms with van der Waals surface area (Å²) in [5.41, 5.74) is 0.953. The van der Waals surface area contributed by atoms with Crippen molar-refractivity contribution in [2.75, 3.05) is 11.4 Å². The predicted octanol–water partition coefficient (Wildman–Crippen LogP) is 4.43. The molecule has 19 heavy (non-hydrogen) atoms. The molecular formula is C16H24FNO. The lowest BCUT2D eigenvalue weighted by atomic mass is 10.0. The predicted molar refractivity (Wildman–Crippen MR) is 78.4 cm³/mol. The van der Waals surface area contributed by atoms with Crippen LogP contribution in [-0.4, -0.2) is 18.4 Å². The topological polar surface area (TPSA) is 20.3 Å². The van der Waals surface area contributed by atoms with Crippen LogP contribution in [0.3, 0.4) is 0 Å². The van der Waals surface area contributed by atoms with E-state index in [0.29, 0.717) is 11.3 Å². The summed E-state index contributed by atoms with van der Waals surface area (Å²) in [6.45, 7) is 8.55. The quantitative estimate of drug-likeness (QED) is 0.680. The summed E-state index contributed by atoms with van der Waals surface area (Å²) in [5.74, 6) is -0.386. The Bertz CT molecular complexity index is 431. The Hall–Kier alpha value is -1.38. The van der Waals surface area contributed by atoms with Gasteiger partial charge in [0.1, 0.15) is 5.82 Å². The molecule has 0 aliphatic rings. The summed E-state index contributed by atoms with van der Waals surface area (Å²) in [6.07, 6.45) is 2.97. The molecule has 0 N–H and O–H groups in total. The second-order valence-electron chi connectivity index (χ2n) is 5.00. The number of rotatable bonds is 7. The van der Waals surface area contributed by atoms with E-state index in [-0.39, 0.29) is 17.6 Å². The molecule has 0 heterocycles. The Morgan fingerprint density at radius 3 is 2.58 bits per heavy atom. The van der Waals surface area contributed by atoms with Crippen molar-refractivity contribution in [3.05, 3.63) is 29.6 Å². The first-order chi connectivity index (χ1) is 9.02. The number of unbranched alkanes of at least 4 members (excludes halogenated alkanes) is 1. The third kappa shape index (κ3) is 3.79. The average Bonchev–Trinajstić information content (AvgIpc) is 2.39. The maximum atomic E-state index is 14.2. The van der Waals surface area contributed by atoms with E-state index in [2.05, 4.69) is 20.8 Å². The number of hydrogen-bond acceptors (Lipinski definition) is 2. The van der Waals surface area contributed by atoms with Crippen LogP contribution in [0.15, 0.2) is 18.2 Å². The summed E-state index contributed by atoms with van der Waals surface area (Å²) >= 11 is 0. The first-order valence-electron chi connectivity index (χ1n) is 7.08. The number of hydrogen-bond donors (Lipinski definition) is 0. The Morgan fingerprint density at radius 2 is 2.05 bits per heavy atom. The molecule has 106 valence electrons. The van der Waals surface area contributed by atoms with Crippen LogP contribution in [0.4, 0.5) is 10.1 Å². The van der Waals surface area contributed by atoms with E-state index >= 15 is 0 Å². The minimum absolute atomic E-state index is 0.0840. The van der Waals surface area contributed by atoms with Crippen molar-refractivity contribution in [3.8, 4) is 0 Å². The highest BCUT2D eigenvalue weighted by atomic mass is 19.1. The van der Waals surface area contributed by atoms with Gasteiger partial charge in [-0.1, -0.05) is 26.3 Å². The molecule has 0 aliphatic carbocycles.